The normalized spacial score (nSPS) is 11.7. The maximum atomic E-state index is 12.6. The lowest BCUT2D eigenvalue weighted by molar-refractivity contribution is 0.0938. The highest BCUT2D eigenvalue weighted by Crippen LogP contribution is 2.23. The van der Waals surface area contributed by atoms with E-state index in [0.29, 0.717) is 17.1 Å². The maximum absolute atomic E-state index is 12.6. The second-order valence-electron chi connectivity index (χ2n) is 5.06. The molecule has 0 aliphatic carbocycles. The number of methoxy groups -OCH3 is 1. The molecule has 0 spiro atoms. The number of hydrogen-bond donors (Lipinski definition) is 1. The third-order valence-corrected chi connectivity index (χ3v) is 3.57. The number of carbonyl (C=O) groups is 1. The SMILES string of the molecule is COc1cccc(C(=O)NC(c2ccccc2)c2ccco2)c1. The molecule has 0 fully saturated rings. The quantitative estimate of drug-likeness (QED) is 0.780. The van der Waals surface area contributed by atoms with E-state index in [1.807, 2.05) is 42.5 Å². The lowest BCUT2D eigenvalue weighted by atomic mass is 10.0. The third kappa shape index (κ3) is 3.43. The Kier molecular flexibility index (Phi) is 4.43. The summed E-state index contributed by atoms with van der Waals surface area (Å²) in [6, 6.07) is 20.1. The first kappa shape index (κ1) is 14.9. The number of carbonyl (C=O) groups excluding carboxylic acids is 1. The van der Waals surface area contributed by atoms with Gasteiger partial charge in [0.15, 0.2) is 0 Å². The van der Waals surface area contributed by atoms with Crippen LogP contribution in [0, 0.1) is 0 Å². The first-order chi connectivity index (χ1) is 11.3. The summed E-state index contributed by atoms with van der Waals surface area (Å²) >= 11 is 0. The first-order valence-corrected chi connectivity index (χ1v) is 7.31. The van der Waals surface area contributed by atoms with E-state index in [1.165, 1.54) is 0 Å². The van der Waals surface area contributed by atoms with Gasteiger partial charge in [-0.1, -0.05) is 36.4 Å². The lowest BCUT2D eigenvalue weighted by Gasteiger charge is -2.17. The van der Waals surface area contributed by atoms with Crippen LogP contribution in [0.3, 0.4) is 0 Å². The Morgan fingerprint density at radius 3 is 2.57 bits per heavy atom. The zero-order valence-corrected chi connectivity index (χ0v) is 12.7. The van der Waals surface area contributed by atoms with Crippen molar-refractivity contribution in [2.24, 2.45) is 0 Å². The smallest absolute Gasteiger partial charge is 0.252 e. The van der Waals surface area contributed by atoms with Crippen LogP contribution >= 0.6 is 0 Å². The Morgan fingerprint density at radius 2 is 1.87 bits per heavy atom. The molecule has 3 aromatic rings. The molecule has 0 radical (unpaired) electrons. The Labute approximate surface area is 134 Å². The molecule has 1 N–H and O–H groups in total. The molecule has 0 aliphatic rings. The van der Waals surface area contributed by atoms with Gasteiger partial charge in [0.1, 0.15) is 17.6 Å². The van der Waals surface area contributed by atoms with Crippen molar-refractivity contribution in [2.75, 3.05) is 7.11 Å². The summed E-state index contributed by atoms with van der Waals surface area (Å²) in [5, 5.41) is 3.02. The predicted octanol–water partition coefficient (Wildman–Crippen LogP) is 3.81. The van der Waals surface area contributed by atoms with Crippen molar-refractivity contribution in [1.82, 2.24) is 5.32 Å². The molecule has 1 heterocycles. The van der Waals surface area contributed by atoms with Gasteiger partial charge in [0.25, 0.3) is 5.91 Å². The van der Waals surface area contributed by atoms with E-state index in [1.54, 1.807) is 37.6 Å². The molecule has 2 aromatic carbocycles. The molecule has 1 unspecified atom stereocenters. The maximum Gasteiger partial charge on any atom is 0.252 e. The summed E-state index contributed by atoms with van der Waals surface area (Å²) in [5.74, 6) is 1.15. The number of nitrogens with one attached hydrogen (secondary N) is 1. The van der Waals surface area contributed by atoms with Crippen molar-refractivity contribution in [1.29, 1.82) is 0 Å². The van der Waals surface area contributed by atoms with Gasteiger partial charge in [-0.2, -0.15) is 0 Å². The monoisotopic (exact) mass is 307 g/mol. The van der Waals surface area contributed by atoms with Crippen molar-refractivity contribution >= 4 is 5.91 Å². The highest BCUT2D eigenvalue weighted by Gasteiger charge is 2.20. The van der Waals surface area contributed by atoms with Gasteiger partial charge in [-0.15, -0.1) is 0 Å². The van der Waals surface area contributed by atoms with Gasteiger partial charge in [0.2, 0.25) is 0 Å². The fourth-order valence-corrected chi connectivity index (χ4v) is 2.40. The Balaban J connectivity index is 1.88. The van der Waals surface area contributed by atoms with Gasteiger partial charge in [0, 0.05) is 5.56 Å². The third-order valence-electron chi connectivity index (χ3n) is 3.57. The summed E-state index contributed by atoms with van der Waals surface area (Å²) in [6.07, 6.45) is 1.60. The van der Waals surface area contributed by atoms with E-state index in [9.17, 15) is 4.79 Å². The zero-order chi connectivity index (χ0) is 16.1. The second kappa shape index (κ2) is 6.83. The Hall–Kier alpha value is -3.01. The molecule has 23 heavy (non-hydrogen) atoms. The first-order valence-electron chi connectivity index (χ1n) is 7.31. The molecule has 4 nitrogen and oxygen atoms in total. The summed E-state index contributed by atoms with van der Waals surface area (Å²) in [4.78, 5) is 12.6. The summed E-state index contributed by atoms with van der Waals surface area (Å²) < 4.78 is 10.7. The van der Waals surface area contributed by atoms with E-state index in [-0.39, 0.29) is 11.9 Å². The standard InChI is InChI=1S/C19H17NO3/c1-22-16-10-5-9-15(13-16)19(21)20-18(17-11-6-12-23-17)14-7-3-2-4-8-14/h2-13,18H,1H3,(H,20,21). The minimum absolute atomic E-state index is 0.186. The minimum Gasteiger partial charge on any atom is -0.497 e. The van der Waals surface area contributed by atoms with Gasteiger partial charge >= 0.3 is 0 Å². The van der Waals surface area contributed by atoms with Crippen LogP contribution in [0.15, 0.2) is 77.4 Å². The van der Waals surface area contributed by atoms with Crippen LogP contribution in [0.1, 0.15) is 27.7 Å². The fourth-order valence-electron chi connectivity index (χ4n) is 2.40. The van der Waals surface area contributed by atoms with E-state index in [2.05, 4.69) is 5.32 Å². The molecule has 0 saturated heterocycles. The van der Waals surface area contributed by atoms with Crippen LogP contribution in [0.25, 0.3) is 0 Å². The number of rotatable bonds is 5. The average Bonchev–Trinajstić information content (AvgIpc) is 3.14. The van der Waals surface area contributed by atoms with Gasteiger partial charge < -0.3 is 14.5 Å². The van der Waals surface area contributed by atoms with Gasteiger partial charge in [0.05, 0.1) is 13.4 Å². The van der Waals surface area contributed by atoms with Crippen molar-refractivity contribution < 1.29 is 13.9 Å². The van der Waals surface area contributed by atoms with Crippen LogP contribution in [0.5, 0.6) is 5.75 Å². The van der Waals surface area contributed by atoms with Crippen molar-refractivity contribution in [3.63, 3.8) is 0 Å². The number of amides is 1. The van der Waals surface area contributed by atoms with E-state index in [0.717, 1.165) is 5.56 Å². The highest BCUT2D eigenvalue weighted by atomic mass is 16.5. The summed E-state index contributed by atoms with van der Waals surface area (Å²) in [7, 11) is 1.58. The fraction of sp³-hybridized carbons (Fsp3) is 0.105. The Bertz CT molecular complexity index is 766. The van der Waals surface area contributed by atoms with Crippen LogP contribution in [-0.4, -0.2) is 13.0 Å². The largest absolute Gasteiger partial charge is 0.497 e. The minimum atomic E-state index is -0.343. The molecular weight excluding hydrogens is 290 g/mol. The number of hydrogen-bond acceptors (Lipinski definition) is 3. The molecular formula is C19H17NO3. The Morgan fingerprint density at radius 1 is 1.04 bits per heavy atom. The van der Waals surface area contributed by atoms with Crippen LogP contribution in [0.2, 0.25) is 0 Å². The highest BCUT2D eigenvalue weighted by molar-refractivity contribution is 5.95. The van der Waals surface area contributed by atoms with E-state index < -0.39 is 0 Å². The molecule has 4 heteroatoms. The van der Waals surface area contributed by atoms with Crippen LogP contribution < -0.4 is 10.1 Å². The number of furan rings is 1. The summed E-state index contributed by atoms with van der Waals surface area (Å²) in [6.45, 7) is 0. The summed E-state index contributed by atoms with van der Waals surface area (Å²) in [5.41, 5.74) is 1.50. The van der Waals surface area contributed by atoms with E-state index >= 15 is 0 Å². The average molecular weight is 307 g/mol. The van der Waals surface area contributed by atoms with E-state index in [4.69, 9.17) is 9.15 Å². The second-order valence-corrected chi connectivity index (χ2v) is 5.06. The molecule has 0 aliphatic heterocycles. The molecule has 0 saturated carbocycles. The topological polar surface area (TPSA) is 51.5 Å². The molecule has 0 bridgehead atoms. The van der Waals surface area contributed by atoms with Gasteiger partial charge in [-0.25, -0.2) is 0 Å². The van der Waals surface area contributed by atoms with Crippen molar-refractivity contribution in [3.05, 3.63) is 89.9 Å². The van der Waals surface area contributed by atoms with Crippen molar-refractivity contribution in [2.45, 2.75) is 6.04 Å². The predicted molar refractivity (Wildman–Crippen MR) is 87.5 cm³/mol. The molecule has 1 atom stereocenters. The molecule has 1 amide bonds. The van der Waals surface area contributed by atoms with Gasteiger partial charge in [-0.3, -0.25) is 4.79 Å². The van der Waals surface area contributed by atoms with Gasteiger partial charge in [-0.05, 0) is 35.9 Å². The molecule has 116 valence electrons. The number of benzene rings is 2. The molecule has 1 aromatic heterocycles. The van der Waals surface area contributed by atoms with Crippen LogP contribution in [0.4, 0.5) is 0 Å². The number of ether oxygens (including phenoxy) is 1. The van der Waals surface area contributed by atoms with Crippen LogP contribution in [-0.2, 0) is 0 Å². The lowest BCUT2D eigenvalue weighted by Crippen LogP contribution is -2.29. The van der Waals surface area contributed by atoms with Crippen molar-refractivity contribution in [3.8, 4) is 5.75 Å². The zero-order valence-electron chi connectivity index (χ0n) is 12.7. The molecule has 3 rings (SSSR count).